The Morgan fingerprint density at radius 2 is 1.71 bits per heavy atom. The van der Waals surface area contributed by atoms with Crippen LogP contribution in [0.15, 0.2) is 59.1 Å². The molecule has 6 atom stereocenters. The maximum absolute atomic E-state index is 13.8. The van der Waals surface area contributed by atoms with Gasteiger partial charge in [-0.3, -0.25) is 34.3 Å². The van der Waals surface area contributed by atoms with Crippen molar-refractivity contribution < 1.29 is 19.3 Å². The first kappa shape index (κ1) is 22.2. The third-order valence-electron chi connectivity index (χ3n) is 8.06. The van der Waals surface area contributed by atoms with E-state index in [1.165, 1.54) is 28.0 Å². The lowest BCUT2D eigenvalue weighted by Gasteiger charge is -2.37. The smallest absolute Gasteiger partial charge is 0.282 e. The number of rotatable bonds is 5. The predicted molar refractivity (Wildman–Crippen MR) is 130 cm³/mol. The summed E-state index contributed by atoms with van der Waals surface area (Å²) < 4.78 is 0.804. The van der Waals surface area contributed by atoms with Crippen LogP contribution in [0.5, 0.6) is 0 Å². The number of benzene rings is 2. The lowest BCUT2D eigenvalue weighted by Crippen LogP contribution is -2.45. The van der Waals surface area contributed by atoms with Gasteiger partial charge in [-0.2, -0.15) is 0 Å². The molecular formula is C26H22BrN3O5. The van der Waals surface area contributed by atoms with E-state index in [0.29, 0.717) is 17.5 Å². The highest BCUT2D eigenvalue weighted by molar-refractivity contribution is 9.10. The van der Waals surface area contributed by atoms with E-state index in [9.17, 15) is 24.5 Å². The van der Waals surface area contributed by atoms with E-state index >= 15 is 0 Å². The van der Waals surface area contributed by atoms with E-state index < -0.39 is 10.8 Å². The van der Waals surface area contributed by atoms with Crippen molar-refractivity contribution >= 4 is 45.0 Å². The minimum Gasteiger partial charge on any atom is -0.289 e. The average Bonchev–Trinajstić information content (AvgIpc) is 3.62. The summed E-state index contributed by atoms with van der Waals surface area (Å²) in [5, 5.41) is 11.6. The average molecular weight is 536 g/mol. The van der Waals surface area contributed by atoms with Crippen molar-refractivity contribution in [3.8, 4) is 0 Å². The van der Waals surface area contributed by atoms with Gasteiger partial charge < -0.3 is 0 Å². The second-order valence-corrected chi connectivity index (χ2v) is 10.8. The number of nitro groups is 1. The molecule has 3 amide bonds. The molecule has 35 heavy (non-hydrogen) atoms. The van der Waals surface area contributed by atoms with E-state index in [0.717, 1.165) is 16.5 Å². The number of likely N-dealkylation sites (tertiary alicyclic amines) is 1. The zero-order valence-corrected chi connectivity index (χ0v) is 20.4. The zero-order chi connectivity index (χ0) is 24.6. The number of allylic oxidation sites excluding steroid dienone is 2. The summed E-state index contributed by atoms with van der Waals surface area (Å²) in [6.45, 7) is 1.53. The molecule has 2 aromatic carbocycles. The number of hydrogen-bond acceptors (Lipinski definition) is 5. The molecule has 5 aliphatic rings. The molecule has 6 unspecified atom stereocenters. The molecule has 0 N–H and O–H groups in total. The van der Waals surface area contributed by atoms with E-state index in [1.54, 1.807) is 18.2 Å². The Bertz CT molecular complexity index is 1300. The number of nitrogens with zero attached hydrogens (tertiary/aromatic N) is 3. The van der Waals surface area contributed by atoms with Crippen LogP contribution in [0.3, 0.4) is 0 Å². The Morgan fingerprint density at radius 1 is 1.09 bits per heavy atom. The predicted octanol–water partition coefficient (Wildman–Crippen LogP) is 4.32. The number of amides is 3. The van der Waals surface area contributed by atoms with Crippen LogP contribution in [-0.4, -0.2) is 34.2 Å². The minimum absolute atomic E-state index is 0.0743. The van der Waals surface area contributed by atoms with Gasteiger partial charge in [0.25, 0.3) is 11.6 Å². The molecule has 2 aromatic rings. The van der Waals surface area contributed by atoms with Crippen LogP contribution in [0.1, 0.15) is 22.3 Å². The number of carbonyl (C=O) groups excluding carboxylic acids is 3. The van der Waals surface area contributed by atoms with Crippen molar-refractivity contribution in [2.75, 3.05) is 11.6 Å². The Balaban J connectivity index is 1.39. The van der Waals surface area contributed by atoms with Crippen molar-refractivity contribution in [2.45, 2.75) is 13.3 Å². The van der Waals surface area contributed by atoms with Crippen molar-refractivity contribution in [2.24, 2.45) is 35.5 Å². The van der Waals surface area contributed by atoms with Crippen molar-refractivity contribution in [3.05, 3.63) is 80.3 Å². The van der Waals surface area contributed by atoms with Gasteiger partial charge >= 0.3 is 0 Å². The highest BCUT2D eigenvalue weighted by atomic mass is 79.9. The fraction of sp³-hybridized carbons (Fsp3) is 0.346. The zero-order valence-electron chi connectivity index (χ0n) is 18.8. The van der Waals surface area contributed by atoms with Gasteiger partial charge in [-0.15, -0.1) is 0 Å². The van der Waals surface area contributed by atoms with Gasteiger partial charge in [0.2, 0.25) is 11.8 Å². The fourth-order valence-electron chi connectivity index (χ4n) is 6.43. The van der Waals surface area contributed by atoms with Crippen molar-refractivity contribution in [1.82, 2.24) is 4.90 Å². The molecule has 178 valence electrons. The molecule has 0 aromatic heterocycles. The Morgan fingerprint density at radius 3 is 2.31 bits per heavy atom. The van der Waals surface area contributed by atoms with Crippen LogP contribution in [-0.2, 0) is 9.59 Å². The number of halogens is 1. The van der Waals surface area contributed by atoms with Crippen LogP contribution in [0.4, 0.5) is 11.4 Å². The highest BCUT2D eigenvalue weighted by Crippen LogP contribution is 2.65. The molecule has 2 bridgehead atoms. The van der Waals surface area contributed by atoms with Crippen LogP contribution in [0.2, 0.25) is 0 Å². The largest absolute Gasteiger partial charge is 0.289 e. The topological polar surface area (TPSA) is 101 Å². The molecule has 7 rings (SSSR count). The van der Waals surface area contributed by atoms with Crippen molar-refractivity contribution in [1.29, 1.82) is 0 Å². The Hall–Kier alpha value is -3.33. The van der Waals surface area contributed by atoms with E-state index in [1.807, 2.05) is 13.0 Å². The van der Waals surface area contributed by atoms with Crippen LogP contribution >= 0.6 is 15.9 Å². The number of aryl methyl sites for hydroxylation is 1. The van der Waals surface area contributed by atoms with Crippen LogP contribution in [0.25, 0.3) is 0 Å². The highest BCUT2D eigenvalue weighted by Gasteiger charge is 2.67. The number of para-hydroxylation sites is 1. The number of anilines is 1. The molecule has 8 nitrogen and oxygen atoms in total. The molecule has 9 heteroatoms. The quantitative estimate of drug-likeness (QED) is 0.245. The third-order valence-corrected chi connectivity index (χ3v) is 8.56. The number of imide groups is 1. The second-order valence-electron chi connectivity index (χ2n) is 9.84. The summed E-state index contributed by atoms with van der Waals surface area (Å²) in [6, 6.07) is 11.0. The normalized spacial score (nSPS) is 29.7. The molecule has 3 fully saturated rings. The lowest BCUT2D eigenvalue weighted by molar-refractivity contribution is -0.385. The molecule has 1 saturated heterocycles. The standard InChI is InChI=1S/C26H22BrN3O5/c1-13-10-14(27)6-9-20(13)28(24(31)17-4-2-3-5-21(17)30(34)35)12-29-25(32)22-15-7-8-16(19-11-18(15)19)23(22)26(29)33/h2-10,15-16,18-19,22-23H,11-12H2,1H3. The first-order chi connectivity index (χ1) is 16.8. The first-order valence-electron chi connectivity index (χ1n) is 11.6. The summed E-state index contributed by atoms with van der Waals surface area (Å²) in [5.74, 6) is -0.800. The van der Waals surface area contributed by atoms with Gasteiger partial charge in [0.1, 0.15) is 12.2 Å². The lowest BCUT2D eigenvalue weighted by atomic mass is 9.63. The maximum atomic E-state index is 13.8. The number of nitro benzene ring substituents is 1. The summed E-state index contributed by atoms with van der Waals surface area (Å²) in [4.78, 5) is 54.4. The van der Waals surface area contributed by atoms with E-state index in [2.05, 4.69) is 28.1 Å². The van der Waals surface area contributed by atoms with Gasteiger partial charge in [-0.25, -0.2) is 0 Å². The summed E-state index contributed by atoms with van der Waals surface area (Å²) in [7, 11) is 0. The third kappa shape index (κ3) is 3.28. The SMILES string of the molecule is Cc1cc(Br)ccc1N(CN1C(=O)C2C3C=CC(C4CC34)C2C1=O)C(=O)c1ccccc1[N+](=O)[O-]. The monoisotopic (exact) mass is 535 g/mol. The molecule has 1 heterocycles. The summed E-state index contributed by atoms with van der Waals surface area (Å²) in [5.41, 5.74) is 0.785. The van der Waals surface area contributed by atoms with E-state index in [-0.39, 0.29) is 53.4 Å². The molecule has 2 saturated carbocycles. The van der Waals surface area contributed by atoms with Gasteiger partial charge in [0.05, 0.1) is 16.8 Å². The second kappa shape index (κ2) is 7.84. The maximum Gasteiger partial charge on any atom is 0.282 e. The number of hydrogen-bond donors (Lipinski definition) is 0. The van der Waals surface area contributed by atoms with Gasteiger partial charge in [-0.05, 0) is 66.8 Å². The van der Waals surface area contributed by atoms with Crippen LogP contribution < -0.4 is 4.90 Å². The molecular weight excluding hydrogens is 514 g/mol. The van der Waals surface area contributed by atoms with Crippen molar-refractivity contribution in [3.63, 3.8) is 0 Å². The summed E-state index contributed by atoms with van der Waals surface area (Å²) in [6.07, 6.45) is 5.27. The summed E-state index contributed by atoms with van der Waals surface area (Å²) >= 11 is 3.42. The first-order valence-corrected chi connectivity index (χ1v) is 12.4. The van der Waals surface area contributed by atoms with Gasteiger partial charge in [0, 0.05) is 16.2 Å². The fourth-order valence-corrected chi connectivity index (χ4v) is 6.91. The van der Waals surface area contributed by atoms with Crippen LogP contribution in [0, 0.1) is 52.5 Å². The van der Waals surface area contributed by atoms with E-state index in [4.69, 9.17) is 0 Å². The van der Waals surface area contributed by atoms with Gasteiger partial charge in [0.15, 0.2) is 0 Å². The molecule has 4 aliphatic carbocycles. The molecule has 0 radical (unpaired) electrons. The molecule has 1 aliphatic heterocycles. The Kier molecular flexibility index (Phi) is 4.96. The number of carbonyl (C=O) groups is 3. The minimum atomic E-state index is -0.637. The molecule has 0 spiro atoms. The van der Waals surface area contributed by atoms with Gasteiger partial charge in [-0.1, -0.05) is 40.2 Å². The Labute approximate surface area is 209 Å².